The van der Waals surface area contributed by atoms with E-state index in [1.807, 2.05) is 0 Å². The number of ether oxygens (including phenoxy) is 1. The predicted molar refractivity (Wildman–Crippen MR) is 124 cm³/mol. The summed E-state index contributed by atoms with van der Waals surface area (Å²) in [5, 5.41) is 3.62. The molecule has 0 saturated carbocycles. The molecule has 0 aliphatic carbocycles. The van der Waals surface area contributed by atoms with Gasteiger partial charge >= 0.3 is 5.97 Å². The lowest BCUT2D eigenvalue weighted by molar-refractivity contribution is -0.145. The van der Waals surface area contributed by atoms with Crippen molar-refractivity contribution >= 4 is 5.97 Å². The van der Waals surface area contributed by atoms with Gasteiger partial charge in [-0.3, -0.25) is 4.79 Å². The average molecular weight is 408 g/mol. The molecule has 2 aromatic carbocycles. The van der Waals surface area contributed by atoms with Crippen molar-refractivity contribution in [2.45, 2.75) is 83.8 Å². The summed E-state index contributed by atoms with van der Waals surface area (Å²) in [6.45, 7) is 15.7. The van der Waals surface area contributed by atoms with E-state index < -0.39 is 0 Å². The molecule has 0 bridgehead atoms. The number of hydrogen-bond donors (Lipinski definition) is 1. The molecule has 162 valence electrons. The average Bonchev–Trinajstić information content (AvgIpc) is 3.08. The van der Waals surface area contributed by atoms with Crippen LogP contribution in [-0.4, -0.2) is 24.7 Å². The number of benzene rings is 2. The normalized spacial score (nSPS) is 19.9. The first-order chi connectivity index (χ1) is 13.9. The zero-order valence-corrected chi connectivity index (χ0v) is 19.6. The maximum Gasteiger partial charge on any atom is 0.302 e. The van der Waals surface area contributed by atoms with Gasteiger partial charge in [-0.15, -0.1) is 0 Å². The first-order valence-corrected chi connectivity index (χ1v) is 11.1. The second-order valence-corrected chi connectivity index (χ2v) is 10.7. The Bertz CT molecular complexity index is 796. The van der Waals surface area contributed by atoms with Crippen molar-refractivity contribution in [1.29, 1.82) is 0 Å². The summed E-state index contributed by atoms with van der Waals surface area (Å²) in [5.41, 5.74) is 5.54. The molecule has 30 heavy (non-hydrogen) atoms. The Morgan fingerprint density at radius 1 is 0.867 bits per heavy atom. The van der Waals surface area contributed by atoms with Gasteiger partial charge in [0.1, 0.15) is 6.10 Å². The van der Waals surface area contributed by atoms with E-state index in [0.717, 1.165) is 6.42 Å². The molecule has 0 aromatic heterocycles. The van der Waals surface area contributed by atoms with Crippen LogP contribution in [0, 0.1) is 0 Å². The van der Waals surface area contributed by atoms with E-state index in [1.165, 1.54) is 29.2 Å². The van der Waals surface area contributed by atoms with Crippen LogP contribution >= 0.6 is 0 Å². The van der Waals surface area contributed by atoms with Crippen molar-refractivity contribution in [3.8, 4) is 0 Å². The smallest absolute Gasteiger partial charge is 0.302 e. The number of hydrogen-bond acceptors (Lipinski definition) is 3. The van der Waals surface area contributed by atoms with E-state index in [0.29, 0.717) is 6.54 Å². The Kier molecular flexibility index (Phi) is 6.43. The fraction of sp³-hybridized carbons (Fsp3) is 0.519. The van der Waals surface area contributed by atoms with Gasteiger partial charge in [0.25, 0.3) is 0 Å². The number of nitrogens with one attached hydrogen (secondary N) is 1. The Labute approximate surface area is 182 Å². The van der Waals surface area contributed by atoms with Gasteiger partial charge in [0.2, 0.25) is 0 Å². The van der Waals surface area contributed by atoms with Crippen LogP contribution in [0.1, 0.15) is 83.1 Å². The molecule has 0 amide bonds. The van der Waals surface area contributed by atoms with Crippen LogP contribution in [0.5, 0.6) is 0 Å². The number of carbonyl (C=O) groups is 1. The van der Waals surface area contributed by atoms with E-state index in [2.05, 4.69) is 95.4 Å². The summed E-state index contributed by atoms with van der Waals surface area (Å²) >= 11 is 0. The van der Waals surface area contributed by atoms with Crippen LogP contribution in [-0.2, 0) is 20.4 Å². The Balaban J connectivity index is 1.94. The number of rotatable bonds is 4. The van der Waals surface area contributed by atoms with Crippen LogP contribution in [0.25, 0.3) is 0 Å². The van der Waals surface area contributed by atoms with Crippen molar-refractivity contribution in [3.63, 3.8) is 0 Å². The summed E-state index contributed by atoms with van der Waals surface area (Å²) in [4.78, 5) is 11.4. The topological polar surface area (TPSA) is 38.3 Å². The van der Waals surface area contributed by atoms with Crippen LogP contribution in [0.2, 0.25) is 0 Å². The number of carbonyl (C=O) groups excluding carboxylic acids is 1. The number of esters is 1. The molecular formula is C27H37NO2. The molecule has 1 heterocycles. The van der Waals surface area contributed by atoms with Crippen molar-refractivity contribution in [3.05, 3.63) is 70.8 Å². The quantitative estimate of drug-likeness (QED) is 0.660. The molecule has 1 N–H and O–H groups in total. The van der Waals surface area contributed by atoms with E-state index in [-0.39, 0.29) is 34.9 Å². The Morgan fingerprint density at radius 2 is 1.30 bits per heavy atom. The molecule has 3 heteroatoms. The molecule has 1 aliphatic rings. The van der Waals surface area contributed by atoms with Gasteiger partial charge in [-0.25, -0.2) is 0 Å². The van der Waals surface area contributed by atoms with Crippen LogP contribution in [0.4, 0.5) is 0 Å². The summed E-state index contributed by atoms with van der Waals surface area (Å²) in [6.07, 6.45) is 0.768. The highest BCUT2D eigenvalue weighted by atomic mass is 16.5. The fourth-order valence-corrected chi connectivity index (χ4v) is 4.35. The van der Waals surface area contributed by atoms with Gasteiger partial charge in [0, 0.05) is 31.8 Å². The van der Waals surface area contributed by atoms with Crippen molar-refractivity contribution in [2.75, 3.05) is 6.54 Å². The third kappa shape index (κ3) is 5.31. The summed E-state index contributed by atoms with van der Waals surface area (Å²) < 4.78 is 5.49. The van der Waals surface area contributed by atoms with E-state index >= 15 is 0 Å². The third-order valence-electron chi connectivity index (χ3n) is 6.13. The predicted octanol–water partition coefficient (Wildman–Crippen LogP) is 5.71. The van der Waals surface area contributed by atoms with E-state index in [4.69, 9.17) is 4.74 Å². The zero-order chi connectivity index (χ0) is 22.1. The zero-order valence-electron chi connectivity index (χ0n) is 19.6. The highest BCUT2D eigenvalue weighted by Crippen LogP contribution is 2.35. The second kappa shape index (κ2) is 8.55. The lowest BCUT2D eigenvalue weighted by Gasteiger charge is -2.27. The van der Waals surface area contributed by atoms with Gasteiger partial charge in [0.05, 0.1) is 0 Å². The minimum absolute atomic E-state index is 0.0577. The van der Waals surface area contributed by atoms with Crippen LogP contribution in [0.15, 0.2) is 48.5 Å². The molecule has 1 fully saturated rings. The molecule has 1 saturated heterocycles. The molecule has 0 spiro atoms. The molecular weight excluding hydrogens is 370 g/mol. The molecule has 2 aromatic rings. The largest absolute Gasteiger partial charge is 0.461 e. The van der Waals surface area contributed by atoms with Gasteiger partial charge < -0.3 is 10.1 Å². The summed E-state index contributed by atoms with van der Waals surface area (Å²) in [5.74, 6) is 0.0108. The molecule has 1 unspecified atom stereocenters. The highest BCUT2D eigenvalue weighted by molar-refractivity contribution is 5.66. The molecule has 1 aliphatic heterocycles. The Morgan fingerprint density at radius 3 is 1.67 bits per heavy atom. The Hall–Kier alpha value is -2.13. The van der Waals surface area contributed by atoms with E-state index in [1.54, 1.807) is 0 Å². The minimum Gasteiger partial charge on any atom is -0.461 e. The summed E-state index contributed by atoms with van der Waals surface area (Å²) in [7, 11) is 0. The van der Waals surface area contributed by atoms with Gasteiger partial charge in [0.15, 0.2) is 0 Å². The highest BCUT2D eigenvalue weighted by Gasteiger charge is 2.34. The van der Waals surface area contributed by atoms with Crippen molar-refractivity contribution in [2.24, 2.45) is 0 Å². The van der Waals surface area contributed by atoms with Gasteiger partial charge in [-0.2, -0.15) is 0 Å². The standard InChI is InChI=1S/C27H37NO2/c1-18(29)30-23-16-24(28-17-23)25(19-8-12-21(13-9-19)26(2,3)4)20-10-14-22(15-11-20)27(5,6)7/h8-15,23-25,28H,16-17H2,1-7H3/t23-,24?/m1/s1. The monoisotopic (exact) mass is 407 g/mol. The third-order valence-corrected chi connectivity index (χ3v) is 6.13. The van der Waals surface area contributed by atoms with Crippen LogP contribution in [0.3, 0.4) is 0 Å². The van der Waals surface area contributed by atoms with Crippen molar-refractivity contribution in [1.82, 2.24) is 5.32 Å². The lowest BCUT2D eigenvalue weighted by Crippen LogP contribution is -2.30. The maximum atomic E-state index is 11.4. The van der Waals surface area contributed by atoms with E-state index in [9.17, 15) is 4.79 Å². The molecule has 2 atom stereocenters. The fourth-order valence-electron chi connectivity index (χ4n) is 4.35. The van der Waals surface area contributed by atoms with Gasteiger partial charge in [-0.05, 0) is 33.1 Å². The second-order valence-electron chi connectivity index (χ2n) is 10.7. The molecule has 3 rings (SSSR count). The molecule has 0 radical (unpaired) electrons. The van der Waals surface area contributed by atoms with Gasteiger partial charge in [-0.1, -0.05) is 90.1 Å². The lowest BCUT2D eigenvalue weighted by atomic mass is 9.80. The first kappa shape index (κ1) is 22.6. The maximum absolute atomic E-state index is 11.4. The summed E-state index contributed by atoms with van der Waals surface area (Å²) in [6, 6.07) is 18.3. The minimum atomic E-state index is -0.205. The molecule has 3 nitrogen and oxygen atoms in total. The SMILES string of the molecule is CC(=O)O[C@H]1CNC(C(c2ccc(C(C)(C)C)cc2)c2ccc(C(C)(C)C)cc2)C1. The van der Waals surface area contributed by atoms with Crippen molar-refractivity contribution < 1.29 is 9.53 Å². The van der Waals surface area contributed by atoms with Crippen LogP contribution < -0.4 is 5.32 Å². The first-order valence-electron chi connectivity index (χ1n) is 11.1.